The van der Waals surface area contributed by atoms with E-state index >= 15 is 0 Å². The molecule has 0 spiro atoms. The number of carbonyl (C=O) groups excluding carboxylic acids is 1. The minimum Gasteiger partial charge on any atom is -0.382 e. The smallest absolute Gasteiger partial charge is 0.256 e. The molecule has 5 rings (SSSR count). The van der Waals surface area contributed by atoms with Gasteiger partial charge in [0.25, 0.3) is 5.91 Å². The van der Waals surface area contributed by atoms with E-state index in [1.165, 1.54) is 0 Å². The van der Waals surface area contributed by atoms with Gasteiger partial charge in [0.1, 0.15) is 11.5 Å². The number of piperazine rings is 1. The van der Waals surface area contributed by atoms with E-state index in [1.807, 2.05) is 40.8 Å². The molecule has 3 aromatic rings. The van der Waals surface area contributed by atoms with Gasteiger partial charge in [-0.3, -0.25) is 9.69 Å². The fraction of sp³-hybridized carbons (Fsp3) is 0.469. The Hall–Kier alpha value is -4.29. The van der Waals surface area contributed by atoms with Crippen molar-refractivity contribution in [2.24, 2.45) is 10.7 Å². The number of nitrogens with zero attached hydrogens (tertiary/aromatic N) is 7. The van der Waals surface area contributed by atoms with Crippen molar-refractivity contribution in [1.82, 2.24) is 24.9 Å². The van der Waals surface area contributed by atoms with Crippen LogP contribution in [0.1, 0.15) is 61.0 Å². The lowest BCUT2D eigenvalue weighted by molar-refractivity contribution is 0.0605. The minimum absolute atomic E-state index is 0.197. The van der Waals surface area contributed by atoms with Crippen molar-refractivity contribution in [2.45, 2.75) is 58.0 Å². The molecule has 2 aliphatic rings. The number of carbonyl (C=O) groups is 1. The SMILES string of the molecule is C=CNc1cnc(N(C)C2CC(N3CCN(C)CC3)C2)nc1C(N)=Nc1cc(C(=O)Nc2cc(C(C)(C)C)on2)ccc1C. The Morgan fingerprint density at radius 1 is 1.20 bits per heavy atom. The van der Waals surface area contributed by atoms with Gasteiger partial charge < -0.3 is 30.7 Å². The molecule has 2 fully saturated rings. The molecule has 0 bridgehead atoms. The Kier molecular flexibility index (Phi) is 9.02. The summed E-state index contributed by atoms with van der Waals surface area (Å²) in [6.45, 7) is 16.2. The maximum Gasteiger partial charge on any atom is 0.256 e. The molecular formula is C32H44N10O2. The zero-order valence-corrected chi connectivity index (χ0v) is 26.6. The van der Waals surface area contributed by atoms with E-state index in [1.54, 1.807) is 30.6 Å². The first kappa shape index (κ1) is 31.1. The number of likely N-dealkylation sites (N-methyl/N-ethyl adjacent to an activating group) is 1. The van der Waals surface area contributed by atoms with Crippen LogP contribution in [0.4, 0.5) is 23.1 Å². The van der Waals surface area contributed by atoms with Gasteiger partial charge in [-0.1, -0.05) is 38.6 Å². The Labute approximate surface area is 259 Å². The van der Waals surface area contributed by atoms with Crippen LogP contribution in [0.3, 0.4) is 0 Å². The summed E-state index contributed by atoms with van der Waals surface area (Å²) < 4.78 is 5.39. The number of anilines is 3. The number of nitrogens with one attached hydrogen (secondary N) is 2. The highest BCUT2D eigenvalue weighted by molar-refractivity contribution is 6.05. The number of aromatic nitrogens is 3. The van der Waals surface area contributed by atoms with Crippen LogP contribution >= 0.6 is 0 Å². The largest absolute Gasteiger partial charge is 0.382 e. The number of hydrogen-bond donors (Lipinski definition) is 3. The molecule has 44 heavy (non-hydrogen) atoms. The molecule has 12 nitrogen and oxygen atoms in total. The first-order chi connectivity index (χ1) is 20.9. The monoisotopic (exact) mass is 600 g/mol. The second-order valence-corrected chi connectivity index (χ2v) is 12.8. The molecule has 1 saturated heterocycles. The van der Waals surface area contributed by atoms with Crippen LogP contribution in [0.25, 0.3) is 0 Å². The Bertz CT molecular complexity index is 1530. The molecule has 0 atom stereocenters. The summed E-state index contributed by atoms with van der Waals surface area (Å²) in [5, 5.41) is 9.86. The third-order valence-electron chi connectivity index (χ3n) is 8.49. The normalized spacial score (nSPS) is 19.7. The number of amides is 1. The van der Waals surface area contributed by atoms with Crippen LogP contribution in [-0.4, -0.2) is 89.0 Å². The van der Waals surface area contributed by atoms with Crippen LogP contribution < -0.4 is 21.3 Å². The lowest BCUT2D eigenvalue weighted by Gasteiger charge is -2.48. The predicted molar refractivity (Wildman–Crippen MR) is 175 cm³/mol. The summed E-state index contributed by atoms with van der Waals surface area (Å²) in [6, 6.07) is 7.95. The highest BCUT2D eigenvalue weighted by Gasteiger charge is 2.37. The van der Waals surface area contributed by atoms with Crippen LogP contribution in [0.2, 0.25) is 0 Å². The van der Waals surface area contributed by atoms with Crippen molar-refractivity contribution in [3.63, 3.8) is 0 Å². The number of nitrogens with two attached hydrogens (primary N) is 1. The zero-order chi connectivity index (χ0) is 31.6. The zero-order valence-electron chi connectivity index (χ0n) is 26.6. The summed E-state index contributed by atoms with van der Waals surface area (Å²) >= 11 is 0. The minimum atomic E-state index is -0.330. The number of rotatable bonds is 9. The van der Waals surface area contributed by atoms with E-state index < -0.39 is 0 Å². The second-order valence-electron chi connectivity index (χ2n) is 12.8. The summed E-state index contributed by atoms with van der Waals surface area (Å²) in [4.78, 5) is 34.3. The molecule has 0 unspecified atom stereocenters. The lowest BCUT2D eigenvalue weighted by Crippen LogP contribution is -2.57. The standard InChI is InChI=1S/C32H44N10O2/c1-8-34-25-19-35-31(41(7)22-16-23(17-22)42-13-11-40(6)12-14-42)38-28(25)29(33)36-24-15-21(10-9-20(24)2)30(43)37-27-18-26(44-39-27)32(3,4)5/h8-10,15,18-19,22-23,34H,1,11-14,16-17H2,2-7H3,(H2,33,36)(H,37,39,43). The molecule has 1 aromatic carbocycles. The van der Waals surface area contributed by atoms with Crippen LogP contribution in [0.5, 0.6) is 0 Å². The number of hydrogen-bond acceptors (Lipinski definition) is 10. The second kappa shape index (κ2) is 12.7. The average Bonchev–Trinajstić information content (AvgIpc) is 3.44. The van der Waals surface area contributed by atoms with Crippen molar-refractivity contribution in [2.75, 3.05) is 55.8 Å². The van der Waals surface area contributed by atoms with E-state index in [9.17, 15) is 4.79 Å². The van der Waals surface area contributed by atoms with Crippen molar-refractivity contribution in [3.05, 3.63) is 65.8 Å². The molecule has 3 heterocycles. The van der Waals surface area contributed by atoms with Crippen molar-refractivity contribution in [3.8, 4) is 0 Å². The van der Waals surface area contributed by atoms with Crippen molar-refractivity contribution >= 4 is 34.9 Å². The van der Waals surface area contributed by atoms with E-state index in [4.69, 9.17) is 20.2 Å². The lowest BCUT2D eigenvalue weighted by atomic mass is 9.84. The maximum atomic E-state index is 13.1. The Balaban J connectivity index is 1.33. The summed E-state index contributed by atoms with van der Waals surface area (Å²) in [7, 11) is 4.21. The molecule has 1 aliphatic carbocycles. The fourth-order valence-corrected chi connectivity index (χ4v) is 5.41. The number of aliphatic imine (C=N–C) groups is 1. The Morgan fingerprint density at radius 2 is 1.93 bits per heavy atom. The van der Waals surface area contributed by atoms with Gasteiger partial charge >= 0.3 is 0 Å². The molecule has 0 radical (unpaired) electrons. The van der Waals surface area contributed by atoms with Crippen LogP contribution in [0.15, 0.2) is 52.8 Å². The number of aryl methyl sites for hydroxylation is 1. The van der Waals surface area contributed by atoms with Gasteiger partial charge in [-0.25, -0.2) is 15.0 Å². The third-order valence-corrected chi connectivity index (χ3v) is 8.49. The molecule has 1 saturated carbocycles. The van der Waals surface area contributed by atoms with E-state index in [-0.39, 0.29) is 17.2 Å². The van der Waals surface area contributed by atoms with Gasteiger partial charge in [0.15, 0.2) is 11.7 Å². The fourth-order valence-electron chi connectivity index (χ4n) is 5.41. The molecule has 1 amide bonds. The summed E-state index contributed by atoms with van der Waals surface area (Å²) in [6.07, 6.45) is 5.41. The summed E-state index contributed by atoms with van der Waals surface area (Å²) in [5.41, 5.74) is 9.23. The highest BCUT2D eigenvalue weighted by atomic mass is 16.5. The first-order valence-corrected chi connectivity index (χ1v) is 15.1. The van der Waals surface area contributed by atoms with Gasteiger partial charge in [0, 0.05) is 62.4 Å². The average molecular weight is 601 g/mol. The number of benzene rings is 1. The number of amidine groups is 1. The molecule has 12 heteroatoms. The molecule has 234 valence electrons. The maximum absolute atomic E-state index is 13.1. The van der Waals surface area contributed by atoms with Crippen LogP contribution in [-0.2, 0) is 5.41 Å². The van der Waals surface area contributed by atoms with E-state index in [2.05, 4.69) is 49.1 Å². The van der Waals surface area contributed by atoms with Gasteiger partial charge in [-0.05, 0) is 50.7 Å². The summed E-state index contributed by atoms with van der Waals surface area (Å²) in [5.74, 6) is 1.48. The van der Waals surface area contributed by atoms with Gasteiger partial charge in [-0.15, -0.1) is 0 Å². The van der Waals surface area contributed by atoms with Gasteiger partial charge in [-0.2, -0.15) is 0 Å². The molecular weight excluding hydrogens is 556 g/mol. The molecule has 1 aliphatic heterocycles. The van der Waals surface area contributed by atoms with Crippen molar-refractivity contribution in [1.29, 1.82) is 0 Å². The topological polar surface area (TPSA) is 141 Å². The van der Waals surface area contributed by atoms with E-state index in [0.717, 1.165) is 44.6 Å². The van der Waals surface area contributed by atoms with Crippen LogP contribution in [0, 0.1) is 6.92 Å². The molecule has 4 N–H and O–H groups in total. The van der Waals surface area contributed by atoms with Gasteiger partial charge in [0.05, 0.1) is 17.6 Å². The molecule has 2 aromatic heterocycles. The highest BCUT2D eigenvalue weighted by Crippen LogP contribution is 2.32. The first-order valence-electron chi connectivity index (χ1n) is 15.1. The van der Waals surface area contributed by atoms with Gasteiger partial charge in [0.2, 0.25) is 5.95 Å². The predicted octanol–water partition coefficient (Wildman–Crippen LogP) is 4.13. The van der Waals surface area contributed by atoms with E-state index in [0.29, 0.717) is 52.2 Å². The Morgan fingerprint density at radius 3 is 2.59 bits per heavy atom. The quantitative estimate of drug-likeness (QED) is 0.243. The van der Waals surface area contributed by atoms with Crippen molar-refractivity contribution < 1.29 is 9.32 Å². The third kappa shape index (κ3) is 6.92.